The van der Waals surface area contributed by atoms with E-state index in [-0.39, 0.29) is 45.6 Å². The standard InChI is InChI=1S/C16H13NO4S.Na.H/c18-14-9-10-15(22(19,20)21)12-7-4-8-13(16(12)14)17-11-5-2-1-3-6-11;;/h1-10,17-18H,(H,19,20,21);;. The SMILES string of the molecule is O=S(=O)(O)c1ccc(O)c2c(Nc3ccccc3)cccc12.[NaH]. The van der Waals surface area contributed by atoms with E-state index >= 15 is 0 Å². The Morgan fingerprint density at radius 3 is 2.22 bits per heavy atom. The van der Waals surface area contributed by atoms with Crippen molar-refractivity contribution < 1.29 is 18.1 Å². The number of phenols is 1. The molecule has 114 valence electrons. The first-order valence-corrected chi connectivity index (χ1v) is 7.95. The number of benzene rings is 3. The van der Waals surface area contributed by atoms with Crippen LogP contribution in [0, 0.1) is 0 Å². The van der Waals surface area contributed by atoms with Crippen LogP contribution in [0.15, 0.2) is 65.6 Å². The van der Waals surface area contributed by atoms with E-state index in [1.165, 1.54) is 18.2 Å². The molecule has 3 aromatic carbocycles. The summed E-state index contributed by atoms with van der Waals surface area (Å²) in [6.07, 6.45) is 0. The predicted molar refractivity (Wildman–Crippen MR) is 92.3 cm³/mol. The van der Waals surface area contributed by atoms with Gasteiger partial charge in [0.25, 0.3) is 10.1 Å². The van der Waals surface area contributed by atoms with Crippen LogP contribution in [-0.4, -0.2) is 47.6 Å². The van der Waals surface area contributed by atoms with Crippen LogP contribution in [0.1, 0.15) is 0 Å². The zero-order chi connectivity index (χ0) is 15.7. The van der Waals surface area contributed by atoms with Crippen LogP contribution in [0.5, 0.6) is 5.75 Å². The molecule has 0 saturated heterocycles. The Labute approximate surface area is 156 Å². The van der Waals surface area contributed by atoms with Crippen LogP contribution >= 0.6 is 0 Å². The van der Waals surface area contributed by atoms with E-state index < -0.39 is 10.1 Å². The normalized spacial score (nSPS) is 11.0. The zero-order valence-electron chi connectivity index (χ0n) is 11.4. The zero-order valence-corrected chi connectivity index (χ0v) is 12.2. The van der Waals surface area contributed by atoms with Crippen LogP contribution < -0.4 is 5.32 Å². The quantitative estimate of drug-likeness (QED) is 0.504. The van der Waals surface area contributed by atoms with E-state index in [2.05, 4.69) is 5.32 Å². The minimum absolute atomic E-state index is 0. The summed E-state index contributed by atoms with van der Waals surface area (Å²) < 4.78 is 32.3. The second-order valence-corrected chi connectivity index (χ2v) is 6.17. The molecule has 0 saturated carbocycles. The van der Waals surface area contributed by atoms with Crippen molar-refractivity contribution in [3.63, 3.8) is 0 Å². The van der Waals surface area contributed by atoms with Gasteiger partial charge in [-0.25, -0.2) is 0 Å². The molecule has 3 aromatic rings. The minimum atomic E-state index is -4.37. The van der Waals surface area contributed by atoms with Gasteiger partial charge in [-0.1, -0.05) is 30.3 Å². The Kier molecular flexibility index (Phi) is 5.33. The summed E-state index contributed by atoms with van der Waals surface area (Å²) in [7, 11) is -4.37. The van der Waals surface area contributed by atoms with Crippen molar-refractivity contribution in [1.29, 1.82) is 0 Å². The van der Waals surface area contributed by atoms with E-state index in [4.69, 9.17) is 0 Å². The molecule has 3 rings (SSSR count). The number of anilines is 2. The van der Waals surface area contributed by atoms with Crippen LogP contribution in [0.2, 0.25) is 0 Å². The second-order valence-electron chi connectivity index (χ2n) is 4.78. The molecule has 0 heterocycles. The fraction of sp³-hybridized carbons (Fsp3) is 0. The van der Waals surface area contributed by atoms with Crippen molar-refractivity contribution in [2.45, 2.75) is 4.90 Å². The topological polar surface area (TPSA) is 86.6 Å². The maximum atomic E-state index is 11.5. The second kappa shape index (κ2) is 6.90. The average Bonchev–Trinajstić information content (AvgIpc) is 2.47. The van der Waals surface area contributed by atoms with Crippen molar-refractivity contribution in [3.05, 3.63) is 60.7 Å². The molecule has 0 radical (unpaired) electrons. The molecule has 0 fully saturated rings. The Hall–Kier alpha value is -1.57. The van der Waals surface area contributed by atoms with Gasteiger partial charge in [0.1, 0.15) is 10.6 Å². The molecule has 7 heteroatoms. The first-order chi connectivity index (χ1) is 10.5. The third-order valence-electron chi connectivity index (χ3n) is 3.31. The van der Waals surface area contributed by atoms with Crippen LogP contribution in [0.3, 0.4) is 0 Å². The van der Waals surface area contributed by atoms with E-state index in [9.17, 15) is 18.1 Å². The summed E-state index contributed by atoms with van der Waals surface area (Å²) in [5.41, 5.74) is 1.35. The van der Waals surface area contributed by atoms with E-state index in [1.54, 1.807) is 12.1 Å². The molecule has 0 aliphatic heterocycles. The van der Waals surface area contributed by atoms with Gasteiger partial charge in [-0.15, -0.1) is 0 Å². The number of nitrogens with one attached hydrogen (secondary N) is 1. The van der Waals surface area contributed by atoms with Crippen molar-refractivity contribution in [2.75, 3.05) is 5.32 Å². The Balaban J connectivity index is 0.00000192. The van der Waals surface area contributed by atoms with Gasteiger partial charge in [0.05, 0.1) is 5.69 Å². The molecular weight excluding hydrogens is 325 g/mol. The molecule has 0 unspecified atom stereocenters. The number of rotatable bonds is 3. The van der Waals surface area contributed by atoms with Crippen molar-refractivity contribution in [1.82, 2.24) is 0 Å². The number of aromatic hydroxyl groups is 1. The van der Waals surface area contributed by atoms with Gasteiger partial charge in [0.2, 0.25) is 0 Å². The molecule has 0 bridgehead atoms. The summed E-state index contributed by atoms with van der Waals surface area (Å²) in [6, 6.07) is 16.6. The van der Waals surface area contributed by atoms with Crippen LogP contribution in [0.25, 0.3) is 10.8 Å². The molecule has 3 N–H and O–H groups in total. The summed E-state index contributed by atoms with van der Waals surface area (Å²) in [4.78, 5) is -0.239. The molecule has 0 aliphatic rings. The Morgan fingerprint density at radius 2 is 1.57 bits per heavy atom. The van der Waals surface area contributed by atoms with E-state index in [1.807, 2.05) is 30.3 Å². The number of phenolic OH excluding ortho intramolecular Hbond substituents is 1. The van der Waals surface area contributed by atoms with E-state index in [0.29, 0.717) is 11.1 Å². The summed E-state index contributed by atoms with van der Waals surface area (Å²) in [6.45, 7) is 0. The van der Waals surface area contributed by atoms with Gasteiger partial charge in [0, 0.05) is 16.5 Å². The van der Waals surface area contributed by atoms with Crippen LogP contribution in [-0.2, 0) is 10.1 Å². The third-order valence-corrected chi connectivity index (χ3v) is 4.22. The number of hydrogen-bond acceptors (Lipinski definition) is 4. The monoisotopic (exact) mass is 339 g/mol. The molecule has 23 heavy (non-hydrogen) atoms. The molecule has 0 amide bonds. The fourth-order valence-corrected chi connectivity index (χ4v) is 3.06. The molecule has 0 spiro atoms. The Morgan fingerprint density at radius 1 is 0.870 bits per heavy atom. The van der Waals surface area contributed by atoms with Crippen molar-refractivity contribution >= 4 is 61.8 Å². The summed E-state index contributed by atoms with van der Waals surface area (Å²) in [5, 5.41) is 13.8. The molecular formula is C16H14NNaO4S. The summed E-state index contributed by atoms with van der Waals surface area (Å²) in [5.74, 6) is -0.0681. The number of fused-ring (bicyclic) bond motifs is 1. The molecule has 5 nitrogen and oxygen atoms in total. The number of para-hydroxylation sites is 1. The first-order valence-electron chi connectivity index (χ1n) is 6.51. The molecule has 0 aromatic heterocycles. The van der Waals surface area contributed by atoms with Gasteiger partial charge in [-0.2, -0.15) is 8.42 Å². The van der Waals surface area contributed by atoms with Crippen molar-refractivity contribution in [2.24, 2.45) is 0 Å². The third kappa shape index (κ3) is 3.68. The van der Waals surface area contributed by atoms with E-state index in [0.717, 1.165) is 5.69 Å². The predicted octanol–water partition coefficient (Wildman–Crippen LogP) is 2.89. The van der Waals surface area contributed by atoms with Gasteiger partial charge in [-0.05, 0) is 30.3 Å². The van der Waals surface area contributed by atoms with Gasteiger partial charge in [0.15, 0.2) is 0 Å². The average molecular weight is 339 g/mol. The summed E-state index contributed by atoms with van der Waals surface area (Å²) >= 11 is 0. The van der Waals surface area contributed by atoms with Gasteiger partial charge in [-0.3, -0.25) is 4.55 Å². The fourth-order valence-electron chi connectivity index (χ4n) is 2.37. The number of hydrogen-bond donors (Lipinski definition) is 3. The van der Waals surface area contributed by atoms with Gasteiger partial charge < -0.3 is 10.4 Å². The van der Waals surface area contributed by atoms with Crippen molar-refractivity contribution in [3.8, 4) is 5.75 Å². The maximum absolute atomic E-state index is 11.5. The Bertz CT molecular complexity index is 943. The van der Waals surface area contributed by atoms with Gasteiger partial charge >= 0.3 is 29.6 Å². The first kappa shape index (κ1) is 17.8. The molecule has 0 atom stereocenters. The molecule has 0 aliphatic carbocycles. The van der Waals surface area contributed by atoms with Crippen LogP contribution in [0.4, 0.5) is 11.4 Å².